The van der Waals surface area contributed by atoms with Crippen molar-refractivity contribution in [3.05, 3.63) is 101 Å². The zero-order valence-corrected chi connectivity index (χ0v) is 63.3. The summed E-state index contributed by atoms with van der Waals surface area (Å²) in [5.41, 5.74) is 21.8. The third-order valence-electron chi connectivity index (χ3n) is 19.5. The number of rotatable bonds is 63. The summed E-state index contributed by atoms with van der Waals surface area (Å²) < 4.78 is 1.56. The Hall–Kier alpha value is -1.82. The summed E-state index contributed by atoms with van der Waals surface area (Å²) in [4.78, 5) is 0. The van der Waals surface area contributed by atoms with Crippen molar-refractivity contribution in [1.82, 2.24) is 0 Å². The van der Waals surface area contributed by atoms with Gasteiger partial charge < -0.3 is 19.4 Å². The molecule has 0 bridgehead atoms. The second-order valence-electron chi connectivity index (χ2n) is 28.1. The third-order valence-corrected chi connectivity index (χ3v) is 19.5. The molecule has 0 fully saturated rings. The Bertz CT molecular complexity index is 1750. The summed E-state index contributed by atoms with van der Waals surface area (Å²) >= 11 is 0. The molecular weight excluding hydrogens is 1180 g/mol. The maximum atomic E-state index is 11.9. The van der Waals surface area contributed by atoms with E-state index < -0.39 is 0 Å². The van der Waals surface area contributed by atoms with E-state index in [1.165, 1.54) is 388 Å². The molecule has 0 saturated carbocycles. The number of aryl methyl sites for hydroxylation is 2. The van der Waals surface area contributed by atoms with E-state index in [4.69, 9.17) is 0 Å². The van der Waals surface area contributed by atoms with Crippen molar-refractivity contribution in [3.63, 3.8) is 0 Å². The molecule has 2 aromatic carbocycles. The quantitative estimate of drug-likeness (QED) is 0.0273. The van der Waals surface area contributed by atoms with Crippen molar-refractivity contribution in [1.29, 1.82) is 0 Å². The van der Waals surface area contributed by atoms with Crippen LogP contribution in [0.2, 0.25) is 0 Å². The molecule has 524 valence electrons. The third kappa shape index (κ3) is 50.6. The molecule has 0 amide bonds. The molecule has 3 heteroatoms. The standard InChI is InChI=1S/C39H58N2.2C24H49.Pd/c1-5-9-13-14-15-19-23-37-36(22-18-12-8-4)38(34-28-24-32(25-29-34)20-16-10-6-2)41(40)39(37)35-30-26-33(27-31-35)21-17-11-7-3;2*1-3-5-7-9-11-13-15-17-19-21-23-24-22-20-18-16-14-12-10-8-6-4-2;/h24-31H,5-23H2,1-4H3;2*1,3-24H2,2H3;/q;2*-1;+2. The van der Waals surface area contributed by atoms with Crippen molar-refractivity contribution in [3.8, 4) is 0 Å². The maximum Gasteiger partial charge on any atom is 2.00 e. The predicted octanol–water partition coefficient (Wildman–Crippen LogP) is 31.5. The SMILES string of the molecule is CCCCCCCCC1=C(c2ccc(CCCCC)cc2)[N+](=[N-])C(c2ccc(CCCCC)cc2)=C1CCCCC.[CH2-]CCCCCCCCCCCCCCCCCCCCCCC.[CH2-]CCCCCCCCCCCCCCCCCCCCCCC.[Pd+2]. The van der Waals surface area contributed by atoms with Gasteiger partial charge in [0.1, 0.15) is 0 Å². The van der Waals surface area contributed by atoms with E-state index in [2.05, 4.69) is 104 Å². The second-order valence-corrected chi connectivity index (χ2v) is 28.1. The zero-order chi connectivity index (χ0) is 64.4. The normalized spacial score (nSPS) is 12.2. The summed E-state index contributed by atoms with van der Waals surface area (Å²) in [6, 6.07) is 18.2. The van der Waals surface area contributed by atoms with Crippen molar-refractivity contribution >= 4 is 11.4 Å². The largest absolute Gasteiger partial charge is 2.00 e. The average molecular weight is 1340 g/mol. The van der Waals surface area contributed by atoms with Gasteiger partial charge in [-0.15, -0.1) is 0 Å². The molecule has 0 aromatic heterocycles. The Morgan fingerprint density at radius 3 is 0.611 bits per heavy atom. The first-order valence-electron chi connectivity index (χ1n) is 40.7. The minimum Gasteiger partial charge on any atom is -0.493 e. The second kappa shape index (κ2) is 70.0. The maximum absolute atomic E-state index is 11.9. The molecule has 2 nitrogen and oxygen atoms in total. The number of allylic oxidation sites excluding steroid dienone is 2. The summed E-state index contributed by atoms with van der Waals surface area (Å²) in [7, 11) is 0. The van der Waals surface area contributed by atoms with Gasteiger partial charge >= 0.3 is 20.4 Å². The van der Waals surface area contributed by atoms with Crippen LogP contribution in [0.25, 0.3) is 16.9 Å². The first kappa shape index (κ1) is 88.2. The predicted molar refractivity (Wildman–Crippen MR) is 404 cm³/mol. The van der Waals surface area contributed by atoms with Gasteiger partial charge in [0.2, 0.25) is 11.4 Å². The average Bonchev–Trinajstić information content (AvgIpc) is 1.74. The van der Waals surface area contributed by atoms with Gasteiger partial charge in [0.15, 0.2) is 0 Å². The van der Waals surface area contributed by atoms with E-state index in [0.717, 1.165) is 61.0 Å². The summed E-state index contributed by atoms with van der Waals surface area (Å²) in [5, 5.41) is 0. The molecule has 1 aliphatic heterocycles. The van der Waals surface area contributed by atoms with E-state index >= 15 is 0 Å². The van der Waals surface area contributed by atoms with Crippen LogP contribution in [-0.2, 0) is 33.3 Å². The monoisotopic (exact) mass is 1340 g/mol. The van der Waals surface area contributed by atoms with E-state index in [9.17, 15) is 5.53 Å². The molecule has 1 aliphatic rings. The van der Waals surface area contributed by atoms with Gasteiger partial charge in [0.05, 0.1) is 0 Å². The Labute approximate surface area is 580 Å². The topological polar surface area (TPSA) is 25.3 Å². The molecular formula is C87H156N2Pd. The van der Waals surface area contributed by atoms with Crippen LogP contribution in [0.4, 0.5) is 0 Å². The van der Waals surface area contributed by atoms with E-state index in [-0.39, 0.29) is 20.4 Å². The van der Waals surface area contributed by atoms with Crippen LogP contribution in [0, 0.1) is 13.8 Å². The van der Waals surface area contributed by atoms with Gasteiger partial charge in [0.25, 0.3) is 0 Å². The minimum atomic E-state index is 0. The summed E-state index contributed by atoms with van der Waals surface area (Å²) in [6.45, 7) is 21.5. The van der Waals surface area contributed by atoms with Crippen LogP contribution in [0.1, 0.15) is 455 Å². The van der Waals surface area contributed by atoms with Crippen LogP contribution in [0.5, 0.6) is 0 Å². The molecule has 0 radical (unpaired) electrons. The molecule has 2 aromatic rings. The molecule has 0 saturated heterocycles. The number of unbranched alkanes of at least 4 members (excludes halogenated alkanes) is 53. The fourth-order valence-electron chi connectivity index (χ4n) is 13.5. The van der Waals surface area contributed by atoms with E-state index in [0.29, 0.717) is 0 Å². The molecule has 90 heavy (non-hydrogen) atoms. The summed E-state index contributed by atoms with van der Waals surface area (Å²) in [5.74, 6) is 0. The van der Waals surface area contributed by atoms with Gasteiger partial charge in [-0.25, -0.2) is 4.70 Å². The van der Waals surface area contributed by atoms with Gasteiger partial charge in [-0.1, -0.05) is 406 Å². The Kier molecular flexibility index (Phi) is 68.6. The van der Waals surface area contributed by atoms with Gasteiger partial charge in [-0.05, 0) is 86.8 Å². The van der Waals surface area contributed by atoms with Crippen molar-refractivity contribution in [2.24, 2.45) is 0 Å². The molecule has 0 spiro atoms. The van der Waals surface area contributed by atoms with Crippen molar-refractivity contribution < 1.29 is 25.1 Å². The Morgan fingerprint density at radius 2 is 0.400 bits per heavy atom. The smallest absolute Gasteiger partial charge is 0.493 e. The summed E-state index contributed by atoms with van der Waals surface area (Å²) in [6.07, 6.45) is 86.8. The number of benzene rings is 2. The van der Waals surface area contributed by atoms with Crippen LogP contribution < -0.4 is 0 Å². The van der Waals surface area contributed by atoms with Gasteiger partial charge in [0, 0.05) is 22.3 Å². The van der Waals surface area contributed by atoms with Crippen LogP contribution >= 0.6 is 0 Å². The van der Waals surface area contributed by atoms with E-state index in [1.807, 2.05) is 0 Å². The molecule has 0 unspecified atom stereocenters. The fraction of sp³-hybridized carbons (Fsp3) is 0.793. The molecule has 0 aliphatic carbocycles. The Morgan fingerprint density at radius 1 is 0.233 bits per heavy atom. The molecule has 0 atom stereocenters. The first-order chi connectivity index (χ1) is 44.0. The van der Waals surface area contributed by atoms with Crippen LogP contribution in [0.15, 0.2) is 59.7 Å². The molecule has 0 N–H and O–H groups in total. The van der Waals surface area contributed by atoms with Gasteiger partial charge in [-0.2, -0.15) is 12.8 Å². The van der Waals surface area contributed by atoms with Crippen molar-refractivity contribution in [2.45, 2.75) is 446 Å². The van der Waals surface area contributed by atoms with Crippen LogP contribution in [-0.4, -0.2) is 4.70 Å². The van der Waals surface area contributed by atoms with E-state index in [1.54, 1.807) is 4.70 Å². The molecule has 1 heterocycles. The van der Waals surface area contributed by atoms with Crippen LogP contribution in [0.3, 0.4) is 0 Å². The molecule has 3 rings (SSSR count). The van der Waals surface area contributed by atoms with Gasteiger partial charge in [-0.3, -0.25) is 0 Å². The number of nitrogens with zero attached hydrogens (tertiary/aromatic N) is 2. The number of hydrogen-bond acceptors (Lipinski definition) is 0. The first-order valence-corrected chi connectivity index (χ1v) is 40.7. The Balaban J connectivity index is 0.00000140. The zero-order valence-electron chi connectivity index (χ0n) is 61.8. The van der Waals surface area contributed by atoms with Crippen molar-refractivity contribution in [2.75, 3.05) is 0 Å². The fourth-order valence-corrected chi connectivity index (χ4v) is 13.5. The minimum absolute atomic E-state index is 0. The number of hydrogen-bond donors (Lipinski definition) is 0.